The van der Waals surface area contributed by atoms with E-state index in [1.54, 1.807) is 0 Å². The van der Waals surface area contributed by atoms with Crippen LogP contribution in [0.25, 0.3) is 0 Å². The zero-order valence-electron chi connectivity index (χ0n) is 23.1. The highest BCUT2D eigenvalue weighted by atomic mass is 16.6. The Morgan fingerprint density at radius 1 is 1.08 bits per heavy atom. The van der Waals surface area contributed by atoms with Crippen LogP contribution in [0.5, 0.6) is 0 Å². The van der Waals surface area contributed by atoms with Crippen LogP contribution in [0.3, 0.4) is 0 Å². The molecule has 7 rings (SSSR count). The van der Waals surface area contributed by atoms with Crippen molar-refractivity contribution in [3.05, 3.63) is 95.8 Å². The van der Waals surface area contributed by atoms with Gasteiger partial charge in [0.15, 0.2) is 0 Å². The van der Waals surface area contributed by atoms with Gasteiger partial charge in [-0.15, -0.1) is 10.2 Å². The number of hydrogen-bond acceptors (Lipinski definition) is 6. The van der Waals surface area contributed by atoms with Crippen molar-refractivity contribution in [2.45, 2.75) is 65.5 Å². The second-order valence-corrected chi connectivity index (χ2v) is 10.7. The van der Waals surface area contributed by atoms with Gasteiger partial charge in [-0.1, -0.05) is 101 Å². The summed E-state index contributed by atoms with van der Waals surface area (Å²) in [6.45, 7) is 8.24. The van der Waals surface area contributed by atoms with E-state index in [2.05, 4.69) is 59.7 Å². The number of ether oxygens (including phenoxy) is 1. The van der Waals surface area contributed by atoms with Gasteiger partial charge in [-0.3, -0.25) is 4.79 Å². The highest BCUT2D eigenvalue weighted by molar-refractivity contribution is 6.00. The first-order chi connectivity index (χ1) is 18.9. The summed E-state index contributed by atoms with van der Waals surface area (Å²) in [6, 6.07) is 9.04. The Bertz CT molecular complexity index is 1320. The van der Waals surface area contributed by atoms with E-state index in [-0.39, 0.29) is 5.89 Å². The molecule has 1 aliphatic heterocycles. The number of allylic oxidation sites excluding steroid dienone is 8. The van der Waals surface area contributed by atoms with Crippen molar-refractivity contribution < 1.29 is 18.7 Å². The molecule has 2 aromatic rings. The Balaban J connectivity index is 0.000000259. The number of amides is 2. The van der Waals surface area contributed by atoms with Crippen LogP contribution < -0.4 is 0 Å². The molecule has 39 heavy (non-hydrogen) atoms. The number of benzene rings is 1. The smallest absolute Gasteiger partial charge is 0.418 e. The van der Waals surface area contributed by atoms with Gasteiger partial charge in [0.2, 0.25) is 5.89 Å². The van der Waals surface area contributed by atoms with E-state index < -0.39 is 24.1 Å². The molecule has 0 spiro atoms. The lowest BCUT2D eigenvalue weighted by molar-refractivity contribution is -0.132. The second kappa shape index (κ2) is 11.2. The lowest BCUT2D eigenvalue weighted by atomic mass is 10.0. The Morgan fingerprint density at radius 3 is 2.54 bits per heavy atom. The fourth-order valence-electron chi connectivity index (χ4n) is 5.43. The summed E-state index contributed by atoms with van der Waals surface area (Å²) in [7, 11) is 0. The number of aromatic nitrogens is 2. The summed E-state index contributed by atoms with van der Waals surface area (Å²) in [5.74, 6) is 2.16. The molecular weight excluding hydrogens is 490 g/mol. The van der Waals surface area contributed by atoms with Crippen LogP contribution in [-0.2, 0) is 16.0 Å². The maximum Gasteiger partial charge on any atom is 0.418 e. The molecular formula is C32H37N3O4. The Morgan fingerprint density at radius 2 is 1.87 bits per heavy atom. The van der Waals surface area contributed by atoms with Crippen LogP contribution in [0, 0.1) is 23.2 Å². The molecule has 6 atom stereocenters. The lowest BCUT2D eigenvalue weighted by Gasteiger charge is -2.23. The largest absolute Gasteiger partial charge is 0.425 e. The Kier molecular flexibility index (Phi) is 7.69. The SMILES string of the molecule is CC.CC12C=CC=CC1C2.CC[C@H](c1ccccc1)N1C(=O)OC(c2nnc(CC3=CC4CC4C=C3)o2)C1=O. The number of nitrogens with zero attached hydrogens (tertiary/aromatic N) is 3. The van der Waals surface area contributed by atoms with Crippen LogP contribution in [0.1, 0.15) is 76.4 Å². The Hall–Kier alpha value is -3.74. The average molecular weight is 528 g/mol. The summed E-state index contributed by atoms with van der Waals surface area (Å²) in [6.07, 6.45) is 17.3. The highest BCUT2D eigenvalue weighted by Crippen LogP contribution is 2.55. The van der Waals surface area contributed by atoms with Gasteiger partial charge < -0.3 is 9.15 Å². The molecule has 1 aromatic carbocycles. The molecule has 5 aliphatic rings. The van der Waals surface area contributed by atoms with Crippen LogP contribution in [0.4, 0.5) is 4.79 Å². The zero-order chi connectivity index (χ0) is 27.6. The van der Waals surface area contributed by atoms with Gasteiger partial charge in [0.05, 0.1) is 12.5 Å². The lowest BCUT2D eigenvalue weighted by Crippen LogP contribution is -2.33. The number of imide groups is 1. The summed E-state index contributed by atoms with van der Waals surface area (Å²) >= 11 is 0. The summed E-state index contributed by atoms with van der Waals surface area (Å²) in [5.41, 5.74) is 2.58. The molecule has 7 nitrogen and oxygen atoms in total. The fraction of sp³-hybridized carbons (Fsp3) is 0.438. The summed E-state index contributed by atoms with van der Waals surface area (Å²) in [4.78, 5) is 26.6. The van der Waals surface area contributed by atoms with Crippen molar-refractivity contribution in [2.24, 2.45) is 23.2 Å². The van der Waals surface area contributed by atoms with Gasteiger partial charge in [-0.2, -0.15) is 0 Å². The molecule has 2 saturated carbocycles. The second-order valence-electron chi connectivity index (χ2n) is 10.7. The molecule has 5 unspecified atom stereocenters. The van der Waals surface area contributed by atoms with Crippen LogP contribution in [-0.4, -0.2) is 27.1 Å². The van der Waals surface area contributed by atoms with E-state index in [1.807, 2.05) is 51.1 Å². The molecule has 1 aromatic heterocycles. The van der Waals surface area contributed by atoms with Crippen LogP contribution in [0.2, 0.25) is 0 Å². The Labute approximate surface area is 230 Å². The summed E-state index contributed by atoms with van der Waals surface area (Å²) in [5, 5.41) is 8.03. The number of cyclic esters (lactones) is 1. The minimum atomic E-state index is -1.19. The van der Waals surface area contributed by atoms with Gasteiger partial charge in [0.25, 0.3) is 17.9 Å². The molecule has 2 heterocycles. The predicted molar refractivity (Wildman–Crippen MR) is 148 cm³/mol. The molecule has 7 heteroatoms. The fourth-order valence-corrected chi connectivity index (χ4v) is 5.43. The van der Waals surface area contributed by atoms with Crippen molar-refractivity contribution in [3.63, 3.8) is 0 Å². The molecule has 204 valence electrons. The minimum Gasteiger partial charge on any atom is -0.425 e. The number of hydrogen-bond donors (Lipinski definition) is 0. The van der Waals surface area contributed by atoms with Crippen molar-refractivity contribution in [1.82, 2.24) is 15.1 Å². The third-order valence-corrected chi connectivity index (χ3v) is 7.98. The molecule has 3 fully saturated rings. The summed E-state index contributed by atoms with van der Waals surface area (Å²) < 4.78 is 11.0. The van der Waals surface area contributed by atoms with Gasteiger partial charge >= 0.3 is 6.09 Å². The van der Waals surface area contributed by atoms with Crippen molar-refractivity contribution in [3.8, 4) is 0 Å². The van der Waals surface area contributed by atoms with Gasteiger partial charge in [-0.25, -0.2) is 9.69 Å². The third kappa shape index (κ3) is 5.68. The highest BCUT2D eigenvalue weighted by Gasteiger charge is 2.48. The third-order valence-electron chi connectivity index (χ3n) is 7.98. The first-order valence-electron chi connectivity index (χ1n) is 14.1. The van der Waals surface area contributed by atoms with Gasteiger partial charge in [-0.05, 0) is 53.6 Å². The molecule has 0 N–H and O–H groups in total. The number of fused-ring (bicyclic) bond motifs is 2. The zero-order valence-corrected chi connectivity index (χ0v) is 23.1. The van der Waals surface area contributed by atoms with Crippen molar-refractivity contribution in [1.29, 1.82) is 0 Å². The monoisotopic (exact) mass is 527 g/mol. The maximum atomic E-state index is 13.0. The molecule has 2 amide bonds. The van der Waals surface area contributed by atoms with E-state index in [0.29, 0.717) is 36.0 Å². The molecule has 0 radical (unpaired) electrons. The first-order valence-corrected chi connectivity index (χ1v) is 14.1. The number of rotatable bonds is 6. The molecule has 4 aliphatic carbocycles. The maximum absolute atomic E-state index is 13.0. The van der Waals surface area contributed by atoms with E-state index >= 15 is 0 Å². The number of carbonyl (C=O) groups is 2. The van der Waals surface area contributed by atoms with Crippen molar-refractivity contribution in [2.75, 3.05) is 0 Å². The van der Waals surface area contributed by atoms with Crippen LogP contribution in [0.15, 0.2) is 82.9 Å². The molecule has 0 bridgehead atoms. The topological polar surface area (TPSA) is 85.5 Å². The first kappa shape index (κ1) is 26.9. The normalized spacial score (nSPS) is 29.6. The van der Waals surface area contributed by atoms with E-state index in [4.69, 9.17) is 9.15 Å². The van der Waals surface area contributed by atoms with E-state index in [9.17, 15) is 9.59 Å². The quantitative estimate of drug-likeness (QED) is 0.399. The van der Waals surface area contributed by atoms with Gasteiger partial charge in [0.1, 0.15) is 0 Å². The van der Waals surface area contributed by atoms with E-state index in [1.165, 1.54) is 12.8 Å². The predicted octanol–water partition coefficient (Wildman–Crippen LogP) is 7.08. The minimum absolute atomic E-state index is 0.0217. The van der Waals surface area contributed by atoms with Crippen molar-refractivity contribution >= 4 is 12.0 Å². The number of carbonyl (C=O) groups excluding carboxylic acids is 2. The average Bonchev–Trinajstić information content (AvgIpc) is 3.80. The van der Waals surface area contributed by atoms with Crippen LogP contribution >= 0.6 is 0 Å². The van der Waals surface area contributed by atoms with E-state index in [0.717, 1.165) is 22.0 Å². The standard InChI is InChI=1S/C22H21N3O4.C8H10.C2H6/c1-2-17(14-6-4-3-5-7-14)25-21(26)19(29-22(25)27)20-24-23-18(28-20)11-13-8-9-15-12-16(15)10-13;1-8-5-3-2-4-7(8)6-8;1-2/h3-10,15-17,19H,2,11-12H2,1H3;2-5,7H,6H2,1H3;1-2H3/t15?,16?,17-,19?;;/m1../s1. The molecule has 1 saturated heterocycles. The van der Waals surface area contributed by atoms with Gasteiger partial charge in [0, 0.05) is 0 Å².